The molecule has 128 valence electrons. The van der Waals surface area contributed by atoms with Crippen molar-refractivity contribution < 1.29 is 41.0 Å². The maximum absolute atomic E-state index is 12.0. The molecule has 0 saturated carbocycles. The van der Waals surface area contributed by atoms with Crippen LogP contribution in [0, 0.1) is 0 Å². The molecule has 2 rings (SSSR count). The lowest BCUT2D eigenvalue weighted by atomic mass is 10.3. The number of halogens is 4. The van der Waals surface area contributed by atoms with Crippen molar-refractivity contribution >= 4 is 5.97 Å². The zero-order chi connectivity index (χ0) is 17.4. The molecule has 0 radical (unpaired) electrons. The molecule has 0 aromatic carbocycles. The van der Waals surface area contributed by atoms with Crippen LogP contribution in [0.25, 0.3) is 0 Å². The van der Waals surface area contributed by atoms with Gasteiger partial charge in [-0.3, -0.25) is 4.79 Å². The lowest BCUT2D eigenvalue weighted by Crippen LogP contribution is -2.03. The predicted molar refractivity (Wildman–Crippen MR) is 69.0 cm³/mol. The highest BCUT2D eigenvalue weighted by Gasteiger charge is 2.14. The minimum atomic E-state index is -2.65. The van der Waals surface area contributed by atoms with Gasteiger partial charge in [0, 0.05) is 0 Å². The number of hydrogen-bond donors (Lipinski definition) is 1. The Bertz CT molecular complexity index is 606. The zero-order valence-electron chi connectivity index (χ0n) is 12.0. The summed E-state index contributed by atoms with van der Waals surface area (Å²) in [4.78, 5) is 10.7. The van der Waals surface area contributed by atoms with Crippen molar-refractivity contribution in [2.24, 2.45) is 0 Å². The monoisotopic (exact) mass is 338 g/mol. The van der Waals surface area contributed by atoms with Crippen LogP contribution in [0.5, 0.6) is 0 Å². The molecule has 0 spiro atoms. The Kier molecular flexibility index (Phi) is 7.33. The third-order valence-corrected chi connectivity index (χ3v) is 2.50. The molecule has 1 N–H and O–H groups in total. The van der Waals surface area contributed by atoms with Crippen molar-refractivity contribution in [2.45, 2.75) is 25.9 Å². The van der Waals surface area contributed by atoms with E-state index in [1.165, 1.54) is 19.2 Å². The molecule has 0 saturated heterocycles. The number of hydrogen-bond acceptors (Lipinski definition) is 5. The number of aliphatic hydroxyl groups is 1. The van der Waals surface area contributed by atoms with Crippen molar-refractivity contribution in [2.75, 3.05) is 7.11 Å². The number of ether oxygens (including phenoxy) is 1. The average molecular weight is 338 g/mol. The first-order chi connectivity index (χ1) is 10.9. The van der Waals surface area contributed by atoms with E-state index in [9.17, 15) is 22.4 Å². The fourth-order valence-electron chi connectivity index (χ4n) is 1.42. The smallest absolute Gasteiger partial charge is 0.313 e. The van der Waals surface area contributed by atoms with Crippen molar-refractivity contribution in [1.82, 2.24) is 0 Å². The standard InChI is InChI=1S/C8H8F2O3.C6H6F2O2/c1-12-7(11)4-5-2-3-6(13-5)8(9)10;7-6(8)5-2-1-4(3-9)10-5/h2-3,8H,4H2,1H3;1-2,6,9H,3H2. The van der Waals surface area contributed by atoms with Crippen LogP contribution < -0.4 is 0 Å². The third kappa shape index (κ3) is 6.15. The molecule has 23 heavy (non-hydrogen) atoms. The number of rotatable bonds is 5. The van der Waals surface area contributed by atoms with E-state index in [2.05, 4.69) is 13.6 Å². The van der Waals surface area contributed by atoms with E-state index in [0.29, 0.717) is 0 Å². The summed E-state index contributed by atoms with van der Waals surface area (Å²) in [7, 11) is 1.22. The molecule has 0 aliphatic rings. The predicted octanol–water partition coefficient (Wildman–Crippen LogP) is 3.64. The van der Waals surface area contributed by atoms with E-state index in [-0.39, 0.29) is 24.5 Å². The molecule has 2 aromatic heterocycles. The second kappa shape index (κ2) is 8.99. The van der Waals surface area contributed by atoms with E-state index >= 15 is 0 Å². The largest absolute Gasteiger partial charge is 0.469 e. The van der Waals surface area contributed by atoms with Crippen LogP contribution in [0.15, 0.2) is 33.1 Å². The second-order valence-corrected chi connectivity index (χ2v) is 4.12. The Hall–Kier alpha value is -2.29. The van der Waals surface area contributed by atoms with Gasteiger partial charge in [0.05, 0.1) is 7.11 Å². The first kappa shape index (κ1) is 18.8. The number of carbonyl (C=O) groups excluding carboxylic acids is 1. The van der Waals surface area contributed by atoms with E-state index in [4.69, 9.17) is 5.11 Å². The van der Waals surface area contributed by atoms with Crippen molar-refractivity contribution in [1.29, 1.82) is 0 Å². The van der Waals surface area contributed by atoms with Gasteiger partial charge >= 0.3 is 5.97 Å². The van der Waals surface area contributed by atoms with Crippen LogP contribution in [0.3, 0.4) is 0 Å². The Balaban J connectivity index is 0.000000238. The number of esters is 1. The number of alkyl halides is 4. The van der Waals surface area contributed by atoms with Gasteiger partial charge < -0.3 is 18.7 Å². The molecular weight excluding hydrogens is 324 g/mol. The van der Waals surface area contributed by atoms with E-state index in [1.54, 1.807) is 0 Å². The van der Waals surface area contributed by atoms with Gasteiger partial charge in [-0.2, -0.15) is 0 Å². The fourth-order valence-corrected chi connectivity index (χ4v) is 1.42. The first-order valence-electron chi connectivity index (χ1n) is 6.28. The van der Waals surface area contributed by atoms with Gasteiger partial charge in [-0.25, -0.2) is 17.6 Å². The Morgan fingerprint density at radius 1 is 1.04 bits per heavy atom. The van der Waals surface area contributed by atoms with E-state index in [0.717, 1.165) is 12.1 Å². The molecule has 2 aromatic rings. The molecule has 0 aliphatic carbocycles. The average Bonchev–Trinajstić information content (AvgIpc) is 3.16. The van der Waals surface area contributed by atoms with Gasteiger partial charge in [-0.05, 0) is 24.3 Å². The fraction of sp³-hybridized carbons (Fsp3) is 0.357. The van der Waals surface area contributed by atoms with Crippen molar-refractivity contribution in [3.05, 3.63) is 47.3 Å². The van der Waals surface area contributed by atoms with Gasteiger partial charge in [-0.15, -0.1) is 0 Å². The van der Waals surface area contributed by atoms with Crippen LogP contribution in [0.2, 0.25) is 0 Å². The Morgan fingerprint density at radius 3 is 1.87 bits per heavy atom. The molecule has 0 amide bonds. The first-order valence-corrected chi connectivity index (χ1v) is 6.28. The quantitative estimate of drug-likeness (QED) is 0.665. The van der Waals surface area contributed by atoms with Crippen LogP contribution in [0.1, 0.15) is 35.9 Å². The highest BCUT2D eigenvalue weighted by atomic mass is 19.3. The minimum Gasteiger partial charge on any atom is -0.469 e. The molecule has 0 unspecified atom stereocenters. The maximum atomic E-state index is 12.0. The molecular formula is C14H14F4O5. The maximum Gasteiger partial charge on any atom is 0.313 e. The molecule has 0 bridgehead atoms. The number of carbonyl (C=O) groups is 1. The third-order valence-electron chi connectivity index (χ3n) is 2.50. The lowest BCUT2D eigenvalue weighted by molar-refractivity contribution is -0.140. The van der Waals surface area contributed by atoms with Gasteiger partial charge in [0.25, 0.3) is 12.9 Å². The van der Waals surface area contributed by atoms with E-state index in [1.807, 2.05) is 0 Å². The molecule has 9 heteroatoms. The van der Waals surface area contributed by atoms with Crippen molar-refractivity contribution in [3.63, 3.8) is 0 Å². The highest BCUT2D eigenvalue weighted by Crippen LogP contribution is 2.21. The van der Waals surface area contributed by atoms with Crippen LogP contribution >= 0.6 is 0 Å². The summed E-state index contributed by atoms with van der Waals surface area (Å²) in [5, 5.41) is 8.39. The van der Waals surface area contributed by atoms with Gasteiger partial charge in [-0.1, -0.05) is 0 Å². The SMILES string of the molecule is COC(=O)Cc1ccc(C(F)F)o1.OCc1ccc(C(F)F)o1. The lowest BCUT2D eigenvalue weighted by Gasteiger charge is -1.95. The van der Waals surface area contributed by atoms with Gasteiger partial charge in [0.2, 0.25) is 0 Å². The highest BCUT2D eigenvalue weighted by molar-refractivity contribution is 5.71. The second-order valence-electron chi connectivity index (χ2n) is 4.12. The molecule has 0 aliphatic heterocycles. The van der Waals surface area contributed by atoms with Crippen LogP contribution in [0.4, 0.5) is 17.6 Å². The zero-order valence-corrected chi connectivity index (χ0v) is 12.0. The summed E-state index contributed by atoms with van der Waals surface area (Å²) in [5.41, 5.74) is 0. The van der Waals surface area contributed by atoms with Crippen LogP contribution in [-0.2, 0) is 22.6 Å². The number of methoxy groups -OCH3 is 1. The van der Waals surface area contributed by atoms with Gasteiger partial charge in [0.1, 0.15) is 24.5 Å². The molecule has 2 heterocycles. The Labute approximate surface area is 128 Å². The summed E-state index contributed by atoms with van der Waals surface area (Å²) < 4.78 is 61.0. The summed E-state index contributed by atoms with van der Waals surface area (Å²) in [6.45, 7) is -0.341. The molecule has 5 nitrogen and oxygen atoms in total. The number of aliphatic hydroxyl groups excluding tert-OH is 1. The normalized spacial score (nSPS) is 10.6. The summed E-state index contributed by atoms with van der Waals surface area (Å²) in [6.07, 6.45) is -5.37. The van der Waals surface area contributed by atoms with Gasteiger partial charge in [0.15, 0.2) is 11.5 Å². The summed E-state index contributed by atoms with van der Waals surface area (Å²) in [5.74, 6) is -1.00. The summed E-state index contributed by atoms with van der Waals surface area (Å²) in [6, 6.07) is 4.94. The summed E-state index contributed by atoms with van der Waals surface area (Å²) >= 11 is 0. The van der Waals surface area contributed by atoms with E-state index < -0.39 is 30.3 Å². The topological polar surface area (TPSA) is 72.8 Å². The van der Waals surface area contributed by atoms with Crippen LogP contribution in [-0.4, -0.2) is 18.2 Å². The number of furan rings is 2. The Morgan fingerprint density at radius 2 is 1.52 bits per heavy atom. The molecule has 0 atom stereocenters. The van der Waals surface area contributed by atoms with Crippen molar-refractivity contribution in [3.8, 4) is 0 Å². The molecule has 0 fully saturated rings. The minimum absolute atomic E-state index is 0.122.